The molecule has 0 saturated carbocycles. The van der Waals surface area contributed by atoms with Gasteiger partial charge >= 0.3 is 21.7 Å². The van der Waals surface area contributed by atoms with Gasteiger partial charge in [-0.15, -0.1) is 0 Å². The summed E-state index contributed by atoms with van der Waals surface area (Å²) in [6.07, 6.45) is 0. The van der Waals surface area contributed by atoms with Gasteiger partial charge in [-0.25, -0.2) is 0 Å². The van der Waals surface area contributed by atoms with Crippen LogP contribution in [-0.2, 0) is 27.2 Å². The average molecular weight is 242 g/mol. The second kappa shape index (κ2) is 6.34. The molecule has 0 radical (unpaired) electrons. The van der Waals surface area contributed by atoms with Crippen molar-refractivity contribution < 1.29 is 47.0 Å². The van der Waals surface area contributed by atoms with E-state index in [4.69, 9.17) is 0 Å². The Labute approximate surface area is 101 Å². The van der Waals surface area contributed by atoms with Gasteiger partial charge in [0.1, 0.15) is 0 Å². The van der Waals surface area contributed by atoms with Gasteiger partial charge in [0, 0.05) is 5.56 Å². The van der Waals surface area contributed by atoms with Gasteiger partial charge in [0.15, 0.2) is 0 Å². The second-order valence-electron chi connectivity index (χ2n) is 2.60. The van der Waals surface area contributed by atoms with E-state index in [-0.39, 0.29) is 38.3 Å². The Kier molecular flexibility index (Phi) is 6.88. The van der Waals surface area contributed by atoms with Crippen molar-refractivity contribution in [1.29, 1.82) is 0 Å². The minimum Gasteiger partial charge on any atom is -2.00 e. The summed E-state index contributed by atoms with van der Waals surface area (Å²) in [6.45, 7) is 1.50. The average Bonchev–Trinajstić information content (AvgIpc) is 2.03. The molecule has 0 heterocycles. The zero-order valence-electron chi connectivity index (χ0n) is 7.77. The standard InChI is InChI=1S/C9H8O4.O.Ti/c1-5-4-6(8(10)11)2-3-7(5)9(12)13;;/h2-4H,1H3,(H,10,11)(H,12,13);;/q;-2;+4/p-2. The molecule has 0 fully saturated rings. The minimum atomic E-state index is -1.33. The number of carbonyl (C=O) groups excluding carboxylic acids is 2. The fourth-order valence-corrected chi connectivity index (χ4v) is 1.02. The smallest absolute Gasteiger partial charge is 2.00 e. The quantitative estimate of drug-likeness (QED) is 0.594. The van der Waals surface area contributed by atoms with Crippen molar-refractivity contribution in [2.24, 2.45) is 0 Å². The molecule has 5 nitrogen and oxygen atoms in total. The zero-order valence-corrected chi connectivity index (χ0v) is 9.33. The molecule has 0 aromatic heterocycles. The molecule has 0 amide bonds. The first-order valence-corrected chi connectivity index (χ1v) is 3.55. The van der Waals surface area contributed by atoms with Gasteiger partial charge in [-0.05, 0) is 24.1 Å². The van der Waals surface area contributed by atoms with E-state index < -0.39 is 11.9 Å². The Morgan fingerprint density at radius 2 is 1.67 bits per heavy atom. The van der Waals surface area contributed by atoms with Crippen LogP contribution in [0.25, 0.3) is 0 Å². The molecule has 15 heavy (non-hydrogen) atoms. The first-order valence-electron chi connectivity index (χ1n) is 3.55. The Morgan fingerprint density at radius 1 is 1.13 bits per heavy atom. The Balaban J connectivity index is 0. The maximum Gasteiger partial charge on any atom is 4.00 e. The van der Waals surface area contributed by atoms with Crippen molar-refractivity contribution >= 4 is 11.9 Å². The minimum absolute atomic E-state index is 0. The van der Waals surface area contributed by atoms with E-state index in [9.17, 15) is 19.8 Å². The van der Waals surface area contributed by atoms with Crippen molar-refractivity contribution in [2.75, 3.05) is 0 Å². The molecular weight excluding hydrogens is 236 g/mol. The van der Waals surface area contributed by atoms with Gasteiger partial charge in [-0.3, -0.25) is 0 Å². The van der Waals surface area contributed by atoms with E-state index >= 15 is 0 Å². The fourth-order valence-electron chi connectivity index (χ4n) is 1.02. The zero-order chi connectivity index (χ0) is 10.0. The molecule has 0 bridgehead atoms. The molecule has 0 aliphatic heterocycles. The SMILES string of the molecule is Cc1cc(C(=O)[O-])ccc1C(=O)[O-].[O-2].[Ti+4]. The van der Waals surface area contributed by atoms with Gasteiger partial charge in [-0.1, -0.05) is 12.1 Å². The predicted octanol–water partition coefficient (Wildman–Crippen LogP) is -1.40. The van der Waals surface area contributed by atoms with E-state index in [1.54, 1.807) is 0 Å². The summed E-state index contributed by atoms with van der Waals surface area (Å²) in [4.78, 5) is 20.8. The van der Waals surface area contributed by atoms with Gasteiger partial charge in [0.25, 0.3) is 0 Å². The summed E-state index contributed by atoms with van der Waals surface area (Å²) < 4.78 is 0. The van der Waals surface area contributed by atoms with E-state index in [0.29, 0.717) is 5.56 Å². The maximum atomic E-state index is 10.4. The molecule has 6 heteroatoms. The van der Waals surface area contributed by atoms with Gasteiger partial charge in [0.05, 0.1) is 11.9 Å². The largest absolute Gasteiger partial charge is 4.00 e. The van der Waals surface area contributed by atoms with Gasteiger partial charge in [-0.2, -0.15) is 0 Å². The van der Waals surface area contributed by atoms with Crippen LogP contribution in [0, 0.1) is 6.92 Å². The summed E-state index contributed by atoms with van der Waals surface area (Å²) in [5, 5.41) is 20.8. The number of carbonyl (C=O) groups is 2. The summed E-state index contributed by atoms with van der Waals surface area (Å²) in [5.41, 5.74) is 0.300. The third-order valence-electron chi connectivity index (χ3n) is 1.68. The molecule has 0 N–H and O–H groups in total. The molecular formula is C9H6O5Ti. The molecule has 1 aromatic rings. The third-order valence-corrected chi connectivity index (χ3v) is 1.68. The number of hydrogen-bond acceptors (Lipinski definition) is 4. The monoisotopic (exact) mass is 242 g/mol. The number of rotatable bonds is 2. The van der Waals surface area contributed by atoms with Crippen molar-refractivity contribution in [1.82, 2.24) is 0 Å². The number of aryl methyl sites for hydroxylation is 1. The molecule has 0 spiro atoms. The van der Waals surface area contributed by atoms with Crippen LogP contribution >= 0.6 is 0 Å². The van der Waals surface area contributed by atoms with E-state index in [1.165, 1.54) is 25.1 Å². The van der Waals surface area contributed by atoms with Crippen LogP contribution in [0.15, 0.2) is 18.2 Å². The maximum absolute atomic E-state index is 10.4. The Morgan fingerprint density at radius 3 is 2.00 bits per heavy atom. The molecule has 0 aliphatic rings. The predicted molar refractivity (Wildman–Crippen MR) is 40.5 cm³/mol. The molecule has 1 rings (SSSR count). The third kappa shape index (κ3) is 3.83. The van der Waals surface area contributed by atoms with Crippen LogP contribution in [0.3, 0.4) is 0 Å². The molecule has 0 unspecified atom stereocenters. The summed E-state index contributed by atoms with van der Waals surface area (Å²) in [5.74, 6) is -2.64. The van der Waals surface area contributed by atoms with Crippen LogP contribution in [0.2, 0.25) is 0 Å². The van der Waals surface area contributed by atoms with Crippen molar-refractivity contribution in [3.05, 3.63) is 34.9 Å². The van der Waals surface area contributed by atoms with Crippen LogP contribution in [-0.4, -0.2) is 11.9 Å². The number of carboxylic acids is 2. The van der Waals surface area contributed by atoms with Crippen molar-refractivity contribution in [3.63, 3.8) is 0 Å². The number of aromatic carboxylic acids is 2. The molecule has 76 valence electrons. The first kappa shape index (κ1) is 16.3. The van der Waals surface area contributed by atoms with Gasteiger partial charge < -0.3 is 25.3 Å². The topological polar surface area (TPSA) is 109 Å². The van der Waals surface area contributed by atoms with E-state index in [2.05, 4.69) is 0 Å². The summed E-state index contributed by atoms with van der Waals surface area (Å²) in [6, 6.07) is 3.60. The normalized spacial score (nSPS) is 8.33. The van der Waals surface area contributed by atoms with E-state index in [1.807, 2.05) is 0 Å². The van der Waals surface area contributed by atoms with Crippen LogP contribution < -0.4 is 10.2 Å². The van der Waals surface area contributed by atoms with Gasteiger partial charge in [0.2, 0.25) is 0 Å². The van der Waals surface area contributed by atoms with Crippen molar-refractivity contribution in [3.8, 4) is 0 Å². The van der Waals surface area contributed by atoms with Crippen LogP contribution in [0.4, 0.5) is 0 Å². The first-order chi connectivity index (χ1) is 6.02. The molecule has 0 saturated heterocycles. The number of hydrogen-bond donors (Lipinski definition) is 0. The van der Waals surface area contributed by atoms with Crippen molar-refractivity contribution in [2.45, 2.75) is 6.92 Å². The van der Waals surface area contributed by atoms with Crippen LogP contribution in [0.1, 0.15) is 26.3 Å². The second-order valence-corrected chi connectivity index (χ2v) is 2.60. The number of carboxylic acid groups (broad SMARTS) is 2. The molecule has 1 aromatic carbocycles. The fraction of sp³-hybridized carbons (Fsp3) is 0.111. The molecule has 0 aliphatic carbocycles. The molecule has 0 atom stereocenters. The Bertz CT molecular complexity index is 375. The van der Waals surface area contributed by atoms with E-state index in [0.717, 1.165) is 0 Å². The number of benzene rings is 1. The Hall–Kier alpha value is -1.17. The summed E-state index contributed by atoms with van der Waals surface area (Å²) in [7, 11) is 0. The summed E-state index contributed by atoms with van der Waals surface area (Å²) >= 11 is 0. The van der Waals surface area contributed by atoms with Crippen LogP contribution in [0.5, 0.6) is 0 Å².